The molecule has 0 atom stereocenters. The Morgan fingerprint density at radius 2 is 0.346 bits per heavy atom. The smallest absolute Gasteiger partial charge is 0.303 e. The zero-order chi connectivity index (χ0) is 38.3. The lowest BCUT2D eigenvalue weighted by Gasteiger charge is -2.04. The molecule has 0 saturated heterocycles. The largest absolute Gasteiger partial charge is 0.481 e. The Labute approximate surface area is 327 Å². The van der Waals surface area contributed by atoms with Gasteiger partial charge in [-0.2, -0.15) is 0 Å². The van der Waals surface area contributed by atoms with Gasteiger partial charge in [0.15, 0.2) is 0 Å². The van der Waals surface area contributed by atoms with Crippen LogP contribution in [-0.2, 0) is 9.59 Å². The number of unbranched alkanes of at least 4 members (excludes halogenated alkanes) is 40. The van der Waals surface area contributed by atoms with E-state index in [1.54, 1.807) is 0 Å². The molecule has 0 heterocycles. The highest BCUT2D eigenvalue weighted by molar-refractivity contribution is 5.66. The Morgan fingerprint density at radius 3 is 0.462 bits per heavy atom. The molecule has 52 heavy (non-hydrogen) atoms. The van der Waals surface area contributed by atoms with Crippen molar-refractivity contribution in [2.75, 3.05) is 0 Å². The maximum Gasteiger partial charge on any atom is 0.303 e. The van der Waals surface area contributed by atoms with E-state index in [-0.39, 0.29) is 0 Å². The van der Waals surface area contributed by atoms with E-state index in [4.69, 9.17) is 10.2 Å². The molecule has 312 valence electrons. The fourth-order valence-corrected chi connectivity index (χ4v) is 7.42. The number of aliphatic carboxylic acids is 2. The van der Waals surface area contributed by atoms with Gasteiger partial charge in [-0.3, -0.25) is 9.59 Å². The van der Waals surface area contributed by atoms with Crippen LogP contribution in [0.15, 0.2) is 0 Å². The summed E-state index contributed by atoms with van der Waals surface area (Å²) in [5.74, 6) is -1.30. The first-order chi connectivity index (χ1) is 25.5. The highest BCUT2D eigenvalue weighted by Gasteiger charge is 1.99. The van der Waals surface area contributed by atoms with Gasteiger partial charge in [-0.25, -0.2) is 0 Å². The molecular formula is C48H96O4. The Hall–Kier alpha value is -1.06. The van der Waals surface area contributed by atoms with E-state index in [9.17, 15) is 9.59 Å². The molecule has 4 nitrogen and oxygen atoms in total. The molecule has 0 fully saturated rings. The third kappa shape index (κ3) is 55.7. The maximum atomic E-state index is 10.4. The van der Waals surface area contributed by atoms with E-state index < -0.39 is 11.9 Å². The molecule has 0 bridgehead atoms. The lowest BCUT2D eigenvalue weighted by Crippen LogP contribution is -1.93. The van der Waals surface area contributed by atoms with Gasteiger partial charge in [0, 0.05) is 12.8 Å². The van der Waals surface area contributed by atoms with Crippen LogP contribution in [0.25, 0.3) is 0 Å². The van der Waals surface area contributed by atoms with Crippen molar-refractivity contribution in [2.24, 2.45) is 0 Å². The molecule has 0 spiro atoms. The fourth-order valence-electron chi connectivity index (χ4n) is 7.42. The second-order valence-electron chi connectivity index (χ2n) is 16.4. The molecule has 0 aromatic carbocycles. The summed E-state index contributed by atoms with van der Waals surface area (Å²) >= 11 is 0. The molecule has 0 aromatic rings. The first-order valence-electron chi connectivity index (χ1n) is 24.0. The SMILES string of the molecule is CCCCCCCCCCCCCCCCCCCCCCC(=O)O.CCCCCCCCCCCCCCCCCCCCCCCCC(=O)O. The third-order valence-electron chi connectivity index (χ3n) is 11.0. The molecule has 0 unspecified atom stereocenters. The molecule has 0 rings (SSSR count). The monoisotopic (exact) mass is 737 g/mol. The number of carboxylic acids is 2. The Kier molecular flexibility index (Phi) is 50.9. The minimum absolute atomic E-state index is 0.346. The second kappa shape index (κ2) is 49.9. The molecule has 0 amide bonds. The average Bonchev–Trinajstić information content (AvgIpc) is 3.13. The highest BCUT2D eigenvalue weighted by Crippen LogP contribution is 2.17. The van der Waals surface area contributed by atoms with Crippen molar-refractivity contribution in [3.05, 3.63) is 0 Å². The van der Waals surface area contributed by atoms with E-state index in [2.05, 4.69) is 13.8 Å². The molecule has 0 aliphatic rings. The summed E-state index contributed by atoms with van der Waals surface area (Å²) in [6.45, 7) is 4.57. The van der Waals surface area contributed by atoms with Gasteiger partial charge in [-0.15, -0.1) is 0 Å². The Bertz CT molecular complexity index is 663. The van der Waals surface area contributed by atoms with Crippen molar-refractivity contribution in [3.63, 3.8) is 0 Å². The molecule has 0 aliphatic carbocycles. The van der Waals surface area contributed by atoms with Crippen LogP contribution in [0.1, 0.15) is 296 Å². The van der Waals surface area contributed by atoms with E-state index in [1.807, 2.05) is 0 Å². The summed E-state index contributed by atoms with van der Waals surface area (Å²) in [6.07, 6.45) is 58.1. The quantitative estimate of drug-likeness (QED) is 0.0611. The maximum absolute atomic E-state index is 10.4. The van der Waals surface area contributed by atoms with Gasteiger partial charge in [0.05, 0.1) is 0 Å². The van der Waals surface area contributed by atoms with E-state index in [0.717, 1.165) is 25.7 Å². The number of hydrogen-bond acceptors (Lipinski definition) is 2. The Morgan fingerprint density at radius 1 is 0.231 bits per heavy atom. The van der Waals surface area contributed by atoms with Crippen molar-refractivity contribution >= 4 is 11.9 Å². The lowest BCUT2D eigenvalue weighted by molar-refractivity contribution is -0.138. The van der Waals surface area contributed by atoms with Gasteiger partial charge in [0.1, 0.15) is 0 Å². The van der Waals surface area contributed by atoms with Crippen LogP contribution in [0.3, 0.4) is 0 Å². The first-order valence-corrected chi connectivity index (χ1v) is 24.0. The summed E-state index contributed by atoms with van der Waals surface area (Å²) in [5, 5.41) is 17.1. The lowest BCUT2D eigenvalue weighted by atomic mass is 10.0. The van der Waals surface area contributed by atoms with Crippen molar-refractivity contribution in [2.45, 2.75) is 296 Å². The molecule has 4 heteroatoms. The third-order valence-corrected chi connectivity index (χ3v) is 11.0. The standard InChI is InChI=1S/C25H50O2.C23H46O2/c1-2-3-4-5-6-7-8-9-10-11-12-13-14-15-16-17-18-19-20-21-22-23-24-25(26)27;1-2-3-4-5-6-7-8-9-10-11-12-13-14-15-16-17-18-19-20-21-22-23(24)25/h2-24H2,1H3,(H,26,27);2-22H2,1H3,(H,24,25). The first kappa shape index (κ1) is 53.0. The number of rotatable bonds is 44. The van der Waals surface area contributed by atoms with Crippen LogP contribution in [0.2, 0.25) is 0 Å². The summed E-state index contributed by atoms with van der Waals surface area (Å²) in [4.78, 5) is 20.8. The van der Waals surface area contributed by atoms with Gasteiger partial charge in [0.25, 0.3) is 0 Å². The molecule has 0 aliphatic heterocycles. The number of carboxylic acid groups (broad SMARTS) is 2. The molecular weight excluding hydrogens is 641 g/mol. The summed E-state index contributed by atoms with van der Waals surface area (Å²) in [6, 6.07) is 0. The second-order valence-corrected chi connectivity index (χ2v) is 16.4. The topological polar surface area (TPSA) is 74.6 Å². The predicted molar refractivity (Wildman–Crippen MR) is 230 cm³/mol. The number of carbonyl (C=O) groups is 2. The van der Waals surface area contributed by atoms with Gasteiger partial charge in [-0.05, 0) is 12.8 Å². The number of hydrogen-bond donors (Lipinski definition) is 2. The van der Waals surface area contributed by atoms with Crippen molar-refractivity contribution in [1.29, 1.82) is 0 Å². The van der Waals surface area contributed by atoms with Crippen LogP contribution in [0.4, 0.5) is 0 Å². The zero-order valence-corrected chi connectivity index (χ0v) is 35.8. The van der Waals surface area contributed by atoms with E-state index >= 15 is 0 Å². The summed E-state index contributed by atoms with van der Waals surface area (Å²) in [5.41, 5.74) is 0. The highest BCUT2D eigenvalue weighted by atomic mass is 16.4. The molecule has 0 saturated carbocycles. The van der Waals surface area contributed by atoms with Crippen molar-refractivity contribution < 1.29 is 19.8 Å². The summed E-state index contributed by atoms with van der Waals surface area (Å²) < 4.78 is 0. The minimum Gasteiger partial charge on any atom is -0.481 e. The Balaban J connectivity index is 0. The van der Waals surface area contributed by atoms with Crippen LogP contribution in [0.5, 0.6) is 0 Å². The molecule has 2 N–H and O–H groups in total. The van der Waals surface area contributed by atoms with Crippen molar-refractivity contribution in [1.82, 2.24) is 0 Å². The minimum atomic E-state index is -0.651. The fraction of sp³-hybridized carbons (Fsp3) is 0.958. The van der Waals surface area contributed by atoms with Crippen LogP contribution >= 0.6 is 0 Å². The predicted octanol–water partition coefficient (Wildman–Crippen LogP) is 17.3. The van der Waals surface area contributed by atoms with Gasteiger partial charge >= 0.3 is 11.9 Å². The summed E-state index contributed by atoms with van der Waals surface area (Å²) in [7, 11) is 0. The molecule has 0 radical (unpaired) electrons. The van der Waals surface area contributed by atoms with Gasteiger partial charge in [-0.1, -0.05) is 271 Å². The van der Waals surface area contributed by atoms with Crippen LogP contribution in [-0.4, -0.2) is 22.2 Å². The molecule has 0 aromatic heterocycles. The van der Waals surface area contributed by atoms with E-state index in [0.29, 0.717) is 12.8 Å². The van der Waals surface area contributed by atoms with Gasteiger partial charge in [0.2, 0.25) is 0 Å². The zero-order valence-electron chi connectivity index (χ0n) is 35.8. The van der Waals surface area contributed by atoms with Crippen molar-refractivity contribution in [3.8, 4) is 0 Å². The van der Waals surface area contributed by atoms with Crippen LogP contribution in [0, 0.1) is 0 Å². The van der Waals surface area contributed by atoms with E-state index in [1.165, 1.54) is 244 Å². The normalized spacial score (nSPS) is 11.1. The van der Waals surface area contributed by atoms with Gasteiger partial charge < -0.3 is 10.2 Å². The average molecular weight is 737 g/mol. The van der Waals surface area contributed by atoms with Crippen LogP contribution < -0.4 is 0 Å².